The normalized spacial score (nSPS) is 16.1. The van der Waals surface area contributed by atoms with Crippen molar-refractivity contribution in [3.63, 3.8) is 0 Å². The first kappa shape index (κ1) is 23.2. The summed E-state index contributed by atoms with van der Waals surface area (Å²) in [5.41, 5.74) is 4.65. The third kappa shape index (κ3) is 5.06. The smallest absolute Gasteiger partial charge is 0.263 e. The molecule has 1 aromatic heterocycles. The lowest BCUT2D eigenvalue weighted by Gasteiger charge is -2.35. The van der Waals surface area contributed by atoms with Gasteiger partial charge in [0.2, 0.25) is 6.79 Å². The van der Waals surface area contributed by atoms with Crippen LogP contribution in [-0.2, 0) is 11.3 Å². The van der Waals surface area contributed by atoms with Crippen LogP contribution in [0.25, 0.3) is 22.3 Å². The second-order valence-electron chi connectivity index (χ2n) is 9.32. The number of rotatable bonds is 6. The van der Waals surface area contributed by atoms with E-state index in [9.17, 15) is 4.79 Å². The lowest BCUT2D eigenvalue weighted by Crippen LogP contribution is -2.51. The number of amides is 1. The average molecular weight is 497 g/mol. The molecule has 1 atom stereocenters. The van der Waals surface area contributed by atoms with Gasteiger partial charge in [0, 0.05) is 38.3 Å². The van der Waals surface area contributed by atoms with Crippen molar-refractivity contribution in [3.8, 4) is 28.5 Å². The number of hydrogen-bond acceptors (Lipinski definition) is 7. The topological polar surface area (TPSA) is 77.0 Å². The zero-order valence-electron chi connectivity index (χ0n) is 20.7. The molecule has 188 valence electrons. The minimum Gasteiger partial charge on any atom is -0.481 e. The second-order valence-corrected chi connectivity index (χ2v) is 9.32. The molecule has 0 aliphatic carbocycles. The van der Waals surface area contributed by atoms with Gasteiger partial charge in [0.25, 0.3) is 5.91 Å². The van der Waals surface area contributed by atoms with Crippen LogP contribution in [0, 0.1) is 0 Å². The fourth-order valence-corrected chi connectivity index (χ4v) is 4.74. The molecule has 1 amide bonds. The first-order chi connectivity index (χ1) is 18.1. The van der Waals surface area contributed by atoms with Gasteiger partial charge in [0.15, 0.2) is 17.6 Å². The van der Waals surface area contributed by atoms with Gasteiger partial charge in [-0.15, -0.1) is 0 Å². The zero-order chi connectivity index (χ0) is 25.2. The Balaban J connectivity index is 1.02. The van der Waals surface area contributed by atoms with Gasteiger partial charge in [-0.3, -0.25) is 14.7 Å². The van der Waals surface area contributed by atoms with E-state index in [-0.39, 0.29) is 12.7 Å². The van der Waals surface area contributed by atoms with Gasteiger partial charge in [0.05, 0.1) is 22.9 Å². The van der Waals surface area contributed by atoms with E-state index >= 15 is 0 Å². The van der Waals surface area contributed by atoms with Gasteiger partial charge in [0.1, 0.15) is 5.75 Å². The number of aromatic nitrogens is 2. The van der Waals surface area contributed by atoms with Crippen LogP contribution in [0.4, 0.5) is 0 Å². The first-order valence-electron chi connectivity index (χ1n) is 12.5. The third-order valence-electron chi connectivity index (χ3n) is 6.79. The number of hydrogen-bond donors (Lipinski definition) is 0. The van der Waals surface area contributed by atoms with Crippen molar-refractivity contribution in [2.24, 2.45) is 0 Å². The molecule has 0 bridgehead atoms. The van der Waals surface area contributed by atoms with E-state index in [4.69, 9.17) is 19.2 Å². The number of ether oxygens (including phenoxy) is 3. The van der Waals surface area contributed by atoms with Crippen LogP contribution in [0.5, 0.6) is 17.2 Å². The number of para-hydroxylation sites is 2. The third-order valence-corrected chi connectivity index (χ3v) is 6.79. The van der Waals surface area contributed by atoms with Crippen molar-refractivity contribution in [3.05, 3.63) is 78.5 Å². The highest BCUT2D eigenvalue weighted by Crippen LogP contribution is 2.33. The number of fused-ring (bicyclic) bond motifs is 2. The Morgan fingerprint density at radius 2 is 1.70 bits per heavy atom. The average Bonchev–Trinajstić information content (AvgIpc) is 3.41. The predicted molar refractivity (Wildman–Crippen MR) is 139 cm³/mol. The summed E-state index contributed by atoms with van der Waals surface area (Å²) >= 11 is 0. The minimum absolute atomic E-state index is 0.00667. The molecule has 0 spiro atoms. The Morgan fingerprint density at radius 1 is 0.946 bits per heavy atom. The quantitative estimate of drug-likeness (QED) is 0.397. The molecule has 1 saturated heterocycles. The van der Waals surface area contributed by atoms with E-state index in [0.717, 1.165) is 53.4 Å². The Hall–Kier alpha value is -4.17. The van der Waals surface area contributed by atoms with Crippen molar-refractivity contribution in [2.75, 3.05) is 33.0 Å². The van der Waals surface area contributed by atoms with Crippen molar-refractivity contribution in [2.45, 2.75) is 19.6 Å². The van der Waals surface area contributed by atoms with E-state index in [1.807, 2.05) is 72.5 Å². The molecule has 0 N–H and O–H groups in total. The summed E-state index contributed by atoms with van der Waals surface area (Å²) in [5, 5.41) is 0. The van der Waals surface area contributed by atoms with Gasteiger partial charge in [-0.05, 0) is 61.0 Å². The van der Waals surface area contributed by atoms with E-state index < -0.39 is 6.10 Å². The Morgan fingerprint density at radius 3 is 2.51 bits per heavy atom. The minimum atomic E-state index is -0.563. The molecule has 0 unspecified atom stereocenters. The molecule has 3 aromatic carbocycles. The summed E-state index contributed by atoms with van der Waals surface area (Å²) in [4.78, 5) is 26.5. The lowest BCUT2D eigenvalue weighted by atomic mass is 10.1. The Bertz CT molecular complexity index is 1420. The molecule has 8 heteroatoms. The van der Waals surface area contributed by atoms with E-state index in [0.29, 0.717) is 18.8 Å². The highest BCUT2D eigenvalue weighted by atomic mass is 16.7. The number of carbonyl (C=O) groups is 1. The largest absolute Gasteiger partial charge is 0.481 e. The van der Waals surface area contributed by atoms with Gasteiger partial charge in [-0.25, -0.2) is 4.98 Å². The van der Waals surface area contributed by atoms with Crippen LogP contribution in [0.15, 0.2) is 72.9 Å². The van der Waals surface area contributed by atoms with Crippen LogP contribution in [0.1, 0.15) is 12.5 Å². The predicted octanol–water partition coefficient (Wildman–Crippen LogP) is 4.14. The van der Waals surface area contributed by atoms with Crippen molar-refractivity contribution >= 4 is 16.9 Å². The molecule has 0 radical (unpaired) electrons. The van der Waals surface area contributed by atoms with Gasteiger partial charge in [-0.2, -0.15) is 0 Å². The molecule has 2 aliphatic heterocycles. The lowest BCUT2D eigenvalue weighted by molar-refractivity contribution is -0.139. The highest BCUT2D eigenvalue weighted by Gasteiger charge is 2.26. The van der Waals surface area contributed by atoms with Crippen LogP contribution in [-0.4, -0.2) is 64.8 Å². The molecule has 8 nitrogen and oxygen atoms in total. The van der Waals surface area contributed by atoms with E-state index in [1.165, 1.54) is 5.56 Å². The molecular formula is C29H28N4O4. The number of benzene rings is 3. The van der Waals surface area contributed by atoms with Gasteiger partial charge >= 0.3 is 0 Å². The fourth-order valence-electron chi connectivity index (χ4n) is 4.74. The molecular weight excluding hydrogens is 468 g/mol. The van der Waals surface area contributed by atoms with Crippen LogP contribution < -0.4 is 14.2 Å². The summed E-state index contributed by atoms with van der Waals surface area (Å²) in [6, 6.07) is 21.5. The summed E-state index contributed by atoms with van der Waals surface area (Å²) in [7, 11) is 0. The standard InChI is InChI=1S/C29H28N4O4/c1-20(37-23-9-7-22(8-10-23)26-17-30-24-4-2-3-5-25(24)31-26)29(34)33-14-12-32(13-15-33)18-21-6-11-27-28(16-21)36-19-35-27/h2-11,16-17,20H,12-15,18-19H2,1H3/t20-/m0/s1. The number of nitrogens with zero attached hydrogens (tertiary/aromatic N) is 4. The summed E-state index contributed by atoms with van der Waals surface area (Å²) in [6.07, 6.45) is 1.21. The van der Waals surface area contributed by atoms with Crippen molar-refractivity contribution < 1.29 is 19.0 Å². The van der Waals surface area contributed by atoms with Gasteiger partial charge in [-0.1, -0.05) is 18.2 Å². The Kier molecular flexibility index (Phi) is 6.32. The van der Waals surface area contributed by atoms with E-state index in [2.05, 4.69) is 16.0 Å². The monoisotopic (exact) mass is 496 g/mol. The molecule has 2 aliphatic rings. The summed E-state index contributed by atoms with van der Waals surface area (Å²) in [5.74, 6) is 2.26. The van der Waals surface area contributed by atoms with Gasteiger partial charge < -0.3 is 19.1 Å². The highest BCUT2D eigenvalue weighted by molar-refractivity contribution is 5.81. The SMILES string of the molecule is C[C@H](Oc1ccc(-c2cnc3ccccc3n2)cc1)C(=O)N1CCN(Cc2ccc3c(c2)OCO3)CC1. The first-order valence-corrected chi connectivity index (χ1v) is 12.5. The second kappa shape index (κ2) is 10.1. The Labute approximate surface area is 215 Å². The van der Waals surface area contributed by atoms with Crippen molar-refractivity contribution in [1.29, 1.82) is 0 Å². The van der Waals surface area contributed by atoms with Crippen molar-refractivity contribution in [1.82, 2.24) is 19.8 Å². The zero-order valence-corrected chi connectivity index (χ0v) is 20.7. The number of carbonyl (C=O) groups excluding carboxylic acids is 1. The maximum Gasteiger partial charge on any atom is 0.263 e. The van der Waals surface area contributed by atoms with Crippen LogP contribution in [0.3, 0.4) is 0 Å². The maximum atomic E-state index is 13.0. The molecule has 0 saturated carbocycles. The van der Waals surface area contributed by atoms with Crippen LogP contribution >= 0.6 is 0 Å². The summed E-state index contributed by atoms with van der Waals surface area (Å²) in [6.45, 7) is 5.89. The number of piperazine rings is 1. The molecule has 3 heterocycles. The fraction of sp³-hybridized carbons (Fsp3) is 0.276. The molecule has 1 fully saturated rings. The summed E-state index contributed by atoms with van der Waals surface area (Å²) < 4.78 is 16.9. The molecule has 4 aromatic rings. The van der Waals surface area contributed by atoms with Crippen LogP contribution in [0.2, 0.25) is 0 Å². The molecule has 6 rings (SSSR count). The maximum absolute atomic E-state index is 13.0. The molecule has 37 heavy (non-hydrogen) atoms. The van der Waals surface area contributed by atoms with E-state index in [1.54, 1.807) is 6.20 Å².